The summed E-state index contributed by atoms with van der Waals surface area (Å²) in [6.07, 6.45) is 0. The molecular formula is C82H55N7S2. The van der Waals surface area contributed by atoms with Crippen molar-refractivity contribution in [1.82, 2.24) is 28.7 Å². The van der Waals surface area contributed by atoms with Crippen molar-refractivity contribution in [2.75, 3.05) is 0 Å². The Bertz CT molecular complexity index is 5420. The Morgan fingerprint density at radius 2 is 0.670 bits per heavy atom. The summed E-state index contributed by atoms with van der Waals surface area (Å²) >= 11 is 0. The number of fused-ring (bicyclic) bond motifs is 10. The minimum Gasteiger partial charge on any atom is -0.309 e. The minimum atomic E-state index is -2.10. The summed E-state index contributed by atoms with van der Waals surface area (Å²) in [4.78, 5) is 26.9. The van der Waals surface area contributed by atoms with Gasteiger partial charge < -0.3 is 4.57 Å². The zero-order chi connectivity index (χ0) is 60.5. The largest absolute Gasteiger partial charge is 0.309 e. The second kappa shape index (κ2) is 21.9. The van der Waals surface area contributed by atoms with E-state index in [1.54, 1.807) is 0 Å². The van der Waals surface area contributed by atoms with E-state index in [1.165, 1.54) is 34.3 Å². The average molecular weight is 1200 g/mol. The zero-order valence-corrected chi connectivity index (χ0v) is 50.8. The Morgan fingerprint density at radius 3 is 1.16 bits per heavy atom. The minimum absolute atomic E-state index is 0.443. The number of aromatic nitrogens is 6. The number of hydrogen-bond donors (Lipinski definition) is 0. The van der Waals surface area contributed by atoms with Gasteiger partial charge in [0.15, 0.2) is 5.82 Å². The van der Waals surface area contributed by atoms with Crippen molar-refractivity contribution < 1.29 is 0 Å². The molecule has 13 aromatic carbocycles. The predicted molar refractivity (Wildman–Crippen MR) is 373 cm³/mol. The summed E-state index contributed by atoms with van der Waals surface area (Å²) in [5.74, 6) is 1.44. The third kappa shape index (κ3) is 8.42. The molecule has 0 radical (unpaired) electrons. The molecule has 0 saturated carbocycles. The molecule has 7 nitrogen and oxygen atoms in total. The molecular weight excluding hydrogens is 1150 g/mol. The summed E-state index contributed by atoms with van der Waals surface area (Å²) in [6, 6.07) is 123. The van der Waals surface area contributed by atoms with Gasteiger partial charge in [0.1, 0.15) is 0 Å². The van der Waals surface area contributed by atoms with Crippen LogP contribution in [-0.4, -0.2) is 28.7 Å². The highest BCUT2D eigenvalue weighted by molar-refractivity contribution is 8.34. The van der Waals surface area contributed by atoms with E-state index >= 15 is 0 Å². The van der Waals surface area contributed by atoms with Gasteiger partial charge in [-0.1, -0.05) is 188 Å². The monoisotopic (exact) mass is 1200 g/mol. The van der Waals surface area contributed by atoms with Crippen LogP contribution in [0.5, 0.6) is 0 Å². The van der Waals surface area contributed by atoms with Crippen LogP contribution < -0.4 is 0 Å². The topological polar surface area (TPSA) is 77.2 Å². The van der Waals surface area contributed by atoms with Crippen LogP contribution in [0.2, 0.25) is 0 Å². The summed E-state index contributed by atoms with van der Waals surface area (Å²) < 4.78 is 6.85. The van der Waals surface area contributed by atoms with Gasteiger partial charge in [0.05, 0.1) is 44.7 Å². The second-order valence-corrected chi connectivity index (χ2v) is 28.9. The van der Waals surface area contributed by atoms with E-state index in [1.807, 2.05) is 12.1 Å². The molecule has 0 amide bonds. The zero-order valence-electron chi connectivity index (χ0n) is 49.2. The van der Waals surface area contributed by atoms with Crippen LogP contribution in [0.25, 0.3) is 94.4 Å². The van der Waals surface area contributed by atoms with Crippen LogP contribution in [0.3, 0.4) is 0 Å². The lowest BCUT2D eigenvalue weighted by Gasteiger charge is -2.42. The third-order valence-electron chi connectivity index (χ3n) is 17.7. The van der Waals surface area contributed by atoms with E-state index in [0.29, 0.717) is 23.3 Å². The molecule has 17 aromatic rings. The second-order valence-electron chi connectivity index (χ2n) is 22.6. The van der Waals surface area contributed by atoms with Crippen molar-refractivity contribution in [2.24, 2.45) is 0 Å². The first-order valence-electron chi connectivity index (χ1n) is 30.4. The quantitative estimate of drug-likeness (QED) is 0.122. The highest BCUT2D eigenvalue weighted by atomic mass is 32.3. The van der Waals surface area contributed by atoms with Crippen molar-refractivity contribution in [3.63, 3.8) is 0 Å². The predicted octanol–water partition coefficient (Wildman–Crippen LogP) is 21.4. The van der Waals surface area contributed by atoms with E-state index in [4.69, 9.17) is 15.0 Å². The summed E-state index contributed by atoms with van der Waals surface area (Å²) in [7, 11) is -4.13. The lowest BCUT2D eigenvalue weighted by Crippen LogP contribution is -2.10. The number of para-hydroxylation sites is 3. The highest BCUT2D eigenvalue weighted by Crippen LogP contribution is 2.75. The van der Waals surface area contributed by atoms with E-state index in [9.17, 15) is 5.26 Å². The van der Waals surface area contributed by atoms with Crippen molar-refractivity contribution in [3.05, 3.63) is 339 Å². The molecule has 4 heterocycles. The van der Waals surface area contributed by atoms with Gasteiger partial charge >= 0.3 is 0 Å². The van der Waals surface area contributed by atoms with Crippen LogP contribution in [0, 0.1) is 11.3 Å². The molecule has 17 rings (SSSR count). The van der Waals surface area contributed by atoms with E-state index in [2.05, 4.69) is 341 Å². The molecule has 4 aromatic heterocycles. The lowest BCUT2D eigenvalue weighted by atomic mass is 10.1. The average Bonchev–Trinajstić information content (AvgIpc) is 1.70. The Balaban J connectivity index is 0.961. The van der Waals surface area contributed by atoms with Gasteiger partial charge in [0.2, 0.25) is 11.9 Å². The van der Waals surface area contributed by atoms with Gasteiger partial charge in [-0.15, -0.1) is 20.1 Å². The molecule has 0 aliphatic carbocycles. The number of rotatable bonds is 12. The molecule has 9 heteroatoms. The van der Waals surface area contributed by atoms with Gasteiger partial charge in [0.25, 0.3) is 0 Å². The Kier molecular flexibility index (Phi) is 12.9. The molecule has 0 atom stereocenters. The maximum atomic E-state index is 10.6. The summed E-state index contributed by atoms with van der Waals surface area (Å²) in [6.45, 7) is 0. The maximum absolute atomic E-state index is 10.6. The first-order valence-corrected chi connectivity index (χ1v) is 33.7. The third-order valence-corrected chi connectivity index (χ3v) is 25.5. The molecule has 0 aliphatic rings. The molecule has 0 bridgehead atoms. The normalized spacial score (nSPS) is 12.3. The van der Waals surface area contributed by atoms with Gasteiger partial charge in [-0.25, -0.2) is 0 Å². The van der Waals surface area contributed by atoms with Crippen LogP contribution in [0.1, 0.15) is 5.56 Å². The van der Waals surface area contributed by atoms with E-state index in [-0.39, 0.29) is 0 Å². The summed E-state index contributed by atoms with van der Waals surface area (Å²) in [5.41, 5.74) is 8.25. The van der Waals surface area contributed by atoms with Crippen molar-refractivity contribution in [2.45, 2.75) is 39.2 Å². The van der Waals surface area contributed by atoms with Crippen molar-refractivity contribution >= 4 is 85.5 Å². The SMILES string of the molecule is N#Cc1ccc2c(c1)c1ccc3c(c4ccccc4n3-c3cccc(S(c4ccccc4)(c4ccccc4)c4ccccc4)c3)c1n2-c1nc(-c2cccc(S(c3ccccc3)(c3ccccc3)c3ccccc3)c2)nc(-n2c3ccccc3c3ccccc32)n1. The van der Waals surface area contributed by atoms with E-state index in [0.717, 1.165) is 81.6 Å². The molecule has 0 spiro atoms. The molecule has 430 valence electrons. The first kappa shape index (κ1) is 53.7. The fourth-order valence-electron chi connectivity index (χ4n) is 14.0. The van der Waals surface area contributed by atoms with Crippen molar-refractivity contribution in [1.29, 1.82) is 5.26 Å². The Morgan fingerprint density at radius 1 is 0.275 bits per heavy atom. The van der Waals surface area contributed by atoms with E-state index < -0.39 is 20.1 Å². The molecule has 0 aliphatic heterocycles. The van der Waals surface area contributed by atoms with Crippen molar-refractivity contribution in [3.8, 4) is 35.0 Å². The van der Waals surface area contributed by atoms with Gasteiger partial charge in [-0.05, 0) is 146 Å². The number of benzene rings is 13. The first-order chi connectivity index (χ1) is 45.1. The standard InChI is InChI=1S/C82H55N7S2/c83-56-57-49-51-76-72(53-57)70-50-52-77-78(71-45-21-24-48-75(71)87(77)59-28-26-42-67(55-59)91(63-35-13-4-14-36-63,64-37-15-5-16-38-64)65-39-17-6-18-40-65)79(70)89(76)82-85-80(84-81(86-82)88-73-46-22-19-43-68(73)69-44-20-23-47-74(69)88)58-27-25-41-66(54-58)90(60-29-7-1-8-30-60,61-31-9-2-10-32-61)62-33-11-3-12-34-62/h1-55H. The molecule has 0 unspecified atom stereocenters. The van der Waals surface area contributed by atoms with Crippen LogP contribution >= 0.6 is 20.1 Å². The van der Waals surface area contributed by atoms with Crippen LogP contribution in [0.15, 0.2) is 373 Å². The van der Waals surface area contributed by atoms with Crippen LogP contribution in [-0.2, 0) is 0 Å². The van der Waals surface area contributed by atoms with Gasteiger partial charge in [0, 0.05) is 82.7 Å². The number of hydrogen-bond acceptors (Lipinski definition) is 4. The highest BCUT2D eigenvalue weighted by Gasteiger charge is 2.36. The Hall–Kier alpha value is -11.5. The molecule has 0 saturated heterocycles. The number of nitrogens with zero attached hydrogens (tertiary/aromatic N) is 7. The Labute approximate surface area is 529 Å². The maximum Gasteiger partial charge on any atom is 0.240 e. The lowest BCUT2D eigenvalue weighted by molar-refractivity contribution is 0.893. The van der Waals surface area contributed by atoms with Gasteiger partial charge in [-0.2, -0.15) is 20.2 Å². The molecule has 91 heavy (non-hydrogen) atoms. The smallest absolute Gasteiger partial charge is 0.240 e. The number of nitriles is 1. The fourth-order valence-corrected chi connectivity index (χ4v) is 21.8. The molecule has 0 N–H and O–H groups in total. The van der Waals surface area contributed by atoms with Crippen LogP contribution in [0.4, 0.5) is 0 Å². The fraction of sp³-hybridized carbons (Fsp3) is 0. The molecule has 0 fully saturated rings. The van der Waals surface area contributed by atoms with Gasteiger partial charge in [-0.3, -0.25) is 9.13 Å². The summed E-state index contributed by atoms with van der Waals surface area (Å²) in [5, 5.41) is 16.8.